The minimum absolute atomic E-state index is 0.352. The Kier molecular flexibility index (Phi) is 2.67. The first kappa shape index (κ1) is 8.73. The molecule has 0 aliphatic carbocycles. The number of hydrogen-bond acceptors (Lipinski definition) is 3. The van der Waals surface area contributed by atoms with Gasteiger partial charge >= 0.3 is 6.03 Å². The van der Waals surface area contributed by atoms with Crippen LogP contribution in [-0.2, 0) is 4.79 Å². The molecule has 1 N–H and O–H groups in total. The molecule has 0 saturated heterocycles. The van der Waals surface area contributed by atoms with Gasteiger partial charge in [-0.15, -0.1) is 11.8 Å². The number of nitrogens with one attached hydrogen (secondary N) is 1. The number of thioether (sulfide) groups is 1. The number of carbonyl (C=O) groups excluding carboxylic acids is 2. The van der Waals surface area contributed by atoms with Crippen LogP contribution in [0.25, 0.3) is 0 Å². The zero-order valence-corrected chi connectivity index (χ0v) is 8.03. The Bertz CT molecular complexity index is 241. The number of rotatable bonds is 0. The highest BCUT2D eigenvalue weighted by Gasteiger charge is 2.27. The van der Waals surface area contributed by atoms with Gasteiger partial charge in [0.15, 0.2) is 0 Å². The van der Waals surface area contributed by atoms with Crippen molar-refractivity contribution in [2.75, 3.05) is 6.26 Å². The second kappa shape index (κ2) is 3.36. The second-order valence-electron chi connectivity index (χ2n) is 1.81. The predicted octanol–water partition coefficient (Wildman–Crippen LogP) is 0.761. The zero-order valence-electron chi connectivity index (χ0n) is 5.63. The molecule has 0 radical (unpaired) electrons. The Morgan fingerprint density at radius 1 is 1.64 bits per heavy atom. The van der Waals surface area contributed by atoms with Gasteiger partial charge in [0.1, 0.15) is 9.87 Å². The molecule has 0 aromatic carbocycles. The third-order valence-electron chi connectivity index (χ3n) is 1.10. The van der Waals surface area contributed by atoms with Crippen molar-refractivity contribution in [2.24, 2.45) is 4.99 Å². The molecule has 1 aliphatic heterocycles. The first-order valence-electron chi connectivity index (χ1n) is 2.76. The maximum absolute atomic E-state index is 10.9. The molecule has 1 aliphatic rings. The Balaban J connectivity index is 2.89. The van der Waals surface area contributed by atoms with Gasteiger partial charge in [-0.2, -0.15) is 4.99 Å². The van der Waals surface area contributed by atoms with Gasteiger partial charge in [-0.1, -0.05) is 15.9 Å². The largest absolute Gasteiger partial charge is 0.348 e. The van der Waals surface area contributed by atoms with E-state index in [1.807, 2.05) is 0 Å². The smallest absolute Gasteiger partial charge is 0.275 e. The number of urea groups is 1. The summed E-state index contributed by atoms with van der Waals surface area (Å²) in [5.41, 5.74) is 0. The lowest BCUT2D eigenvalue weighted by molar-refractivity contribution is -0.118. The minimum Gasteiger partial charge on any atom is -0.275 e. The molecular weight excluding hydrogens is 232 g/mol. The van der Waals surface area contributed by atoms with Crippen molar-refractivity contribution in [1.82, 2.24) is 5.32 Å². The van der Waals surface area contributed by atoms with E-state index >= 15 is 0 Å². The van der Waals surface area contributed by atoms with Crippen LogP contribution in [0.15, 0.2) is 4.99 Å². The monoisotopic (exact) mass is 236 g/mol. The van der Waals surface area contributed by atoms with Gasteiger partial charge in [0, 0.05) is 0 Å². The summed E-state index contributed by atoms with van der Waals surface area (Å²) in [5, 5.41) is 2.57. The van der Waals surface area contributed by atoms with Crippen LogP contribution < -0.4 is 5.32 Å². The first-order chi connectivity index (χ1) is 5.15. The molecule has 0 saturated carbocycles. The van der Waals surface area contributed by atoms with Crippen molar-refractivity contribution < 1.29 is 9.59 Å². The Morgan fingerprint density at radius 3 is 2.82 bits per heavy atom. The molecule has 1 unspecified atom stereocenters. The lowest BCUT2D eigenvalue weighted by Gasteiger charge is -2.14. The van der Waals surface area contributed by atoms with Gasteiger partial charge in [-0.3, -0.25) is 10.1 Å². The molecule has 3 amide bonds. The average molecular weight is 237 g/mol. The van der Waals surface area contributed by atoms with Gasteiger partial charge in [-0.25, -0.2) is 4.79 Å². The molecule has 0 bridgehead atoms. The lowest BCUT2D eigenvalue weighted by atomic mass is 10.4. The SMILES string of the molecule is CSC1=NC(=O)NC(=O)C1Br. The van der Waals surface area contributed by atoms with Crippen molar-refractivity contribution in [1.29, 1.82) is 0 Å². The summed E-state index contributed by atoms with van der Waals surface area (Å²) < 4.78 is 0. The van der Waals surface area contributed by atoms with E-state index in [1.54, 1.807) is 6.26 Å². The highest BCUT2D eigenvalue weighted by molar-refractivity contribution is 9.10. The van der Waals surface area contributed by atoms with Gasteiger partial charge < -0.3 is 0 Å². The number of alkyl halides is 1. The first-order valence-corrected chi connectivity index (χ1v) is 4.90. The van der Waals surface area contributed by atoms with Crippen LogP contribution in [0.5, 0.6) is 0 Å². The summed E-state index contributed by atoms with van der Waals surface area (Å²) in [6.07, 6.45) is 1.76. The van der Waals surface area contributed by atoms with E-state index in [0.29, 0.717) is 5.04 Å². The summed E-state index contributed by atoms with van der Waals surface area (Å²) in [7, 11) is 0. The fourth-order valence-electron chi connectivity index (χ4n) is 0.615. The molecule has 0 spiro atoms. The summed E-state index contributed by atoms with van der Waals surface area (Å²) in [4.78, 5) is 24.7. The van der Waals surface area contributed by atoms with E-state index in [1.165, 1.54) is 11.8 Å². The van der Waals surface area contributed by atoms with E-state index in [9.17, 15) is 9.59 Å². The molecule has 60 valence electrons. The van der Waals surface area contributed by atoms with E-state index in [-0.39, 0.29) is 5.91 Å². The van der Waals surface area contributed by atoms with Gasteiger partial charge in [-0.05, 0) is 6.26 Å². The van der Waals surface area contributed by atoms with Crippen molar-refractivity contribution in [2.45, 2.75) is 4.83 Å². The molecule has 0 aromatic heterocycles. The summed E-state index contributed by atoms with van der Waals surface area (Å²) >= 11 is 4.37. The third-order valence-corrected chi connectivity index (χ3v) is 3.00. The Labute approximate surface area is 76.0 Å². The second-order valence-corrected chi connectivity index (χ2v) is 3.55. The molecular formula is C5H5BrN2O2S. The average Bonchev–Trinajstić information content (AvgIpc) is 1.96. The number of hydrogen-bond donors (Lipinski definition) is 1. The molecule has 4 nitrogen and oxygen atoms in total. The Morgan fingerprint density at radius 2 is 2.27 bits per heavy atom. The van der Waals surface area contributed by atoms with E-state index in [2.05, 4.69) is 26.2 Å². The fraction of sp³-hybridized carbons (Fsp3) is 0.400. The molecule has 0 fully saturated rings. The summed E-state index contributed by atoms with van der Waals surface area (Å²) in [5.74, 6) is -0.352. The van der Waals surface area contributed by atoms with E-state index in [0.717, 1.165) is 0 Å². The quantitative estimate of drug-likeness (QED) is 0.633. The van der Waals surface area contributed by atoms with Gasteiger partial charge in [0.05, 0.1) is 0 Å². The number of nitrogens with zero attached hydrogens (tertiary/aromatic N) is 1. The van der Waals surface area contributed by atoms with Crippen molar-refractivity contribution in [3.63, 3.8) is 0 Å². The minimum atomic E-state index is -0.588. The molecule has 6 heteroatoms. The normalized spacial score (nSPS) is 24.5. The van der Waals surface area contributed by atoms with Gasteiger partial charge in [0.2, 0.25) is 5.91 Å². The summed E-state index contributed by atoms with van der Waals surface area (Å²) in [6.45, 7) is 0. The van der Waals surface area contributed by atoms with Crippen LogP contribution >= 0.6 is 27.7 Å². The van der Waals surface area contributed by atoms with Crippen molar-refractivity contribution in [3.05, 3.63) is 0 Å². The van der Waals surface area contributed by atoms with Crippen LogP contribution in [0, 0.1) is 0 Å². The van der Waals surface area contributed by atoms with Crippen molar-refractivity contribution in [3.8, 4) is 0 Å². The highest BCUT2D eigenvalue weighted by Crippen LogP contribution is 2.15. The van der Waals surface area contributed by atoms with Crippen LogP contribution in [0.1, 0.15) is 0 Å². The van der Waals surface area contributed by atoms with Crippen molar-refractivity contribution >= 4 is 44.7 Å². The van der Waals surface area contributed by atoms with E-state index in [4.69, 9.17) is 0 Å². The number of halogens is 1. The van der Waals surface area contributed by atoms with Crippen LogP contribution in [0.3, 0.4) is 0 Å². The number of amides is 3. The summed E-state index contributed by atoms with van der Waals surface area (Å²) in [6, 6.07) is -0.588. The molecule has 11 heavy (non-hydrogen) atoms. The Hall–Kier alpha value is -0.360. The topological polar surface area (TPSA) is 58.5 Å². The maximum atomic E-state index is 10.9. The lowest BCUT2D eigenvalue weighted by Crippen LogP contribution is -2.42. The third kappa shape index (κ3) is 1.81. The standard InChI is InChI=1S/C5H5BrN2O2S/c1-11-4-2(6)3(9)7-5(10)8-4/h2H,1H3,(H,7,9,10). The van der Waals surface area contributed by atoms with Crippen LogP contribution in [-0.4, -0.2) is 28.1 Å². The maximum Gasteiger partial charge on any atom is 0.348 e. The van der Waals surface area contributed by atoms with Gasteiger partial charge in [0.25, 0.3) is 0 Å². The number of imide groups is 1. The number of aliphatic imine (C=N–C) groups is 1. The zero-order chi connectivity index (χ0) is 8.43. The molecule has 1 heterocycles. The molecule has 0 aromatic rings. The van der Waals surface area contributed by atoms with E-state index < -0.39 is 10.9 Å². The predicted molar refractivity (Wildman–Crippen MR) is 47.2 cm³/mol. The highest BCUT2D eigenvalue weighted by atomic mass is 79.9. The molecule has 1 atom stereocenters. The molecule has 1 rings (SSSR count). The number of carbonyl (C=O) groups is 2. The van der Waals surface area contributed by atoms with Crippen LogP contribution in [0.2, 0.25) is 0 Å². The van der Waals surface area contributed by atoms with Crippen LogP contribution in [0.4, 0.5) is 4.79 Å². The fourth-order valence-corrected chi connectivity index (χ4v) is 1.88.